The summed E-state index contributed by atoms with van der Waals surface area (Å²) in [6.07, 6.45) is 0.460. The Kier molecular flexibility index (Phi) is 3.94. The monoisotopic (exact) mass is 284 g/mol. The van der Waals surface area contributed by atoms with Crippen LogP contribution in [-0.4, -0.2) is 38.5 Å². The number of anilines is 1. The van der Waals surface area contributed by atoms with E-state index in [2.05, 4.69) is 5.32 Å². The van der Waals surface area contributed by atoms with E-state index in [4.69, 9.17) is 10.5 Å². The summed E-state index contributed by atoms with van der Waals surface area (Å²) < 4.78 is 27.8. The highest BCUT2D eigenvalue weighted by atomic mass is 32.2. The zero-order valence-electron chi connectivity index (χ0n) is 10.3. The minimum atomic E-state index is -2.99. The van der Waals surface area contributed by atoms with Gasteiger partial charge < -0.3 is 15.8 Å². The normalized spacial score (nSPS) is 20.9. The Labute approximate surface area is 111 Å². The van der Waals surface area contributed by atoms with Crippen molar-refractivity contribution in [2.75, 3.05) is 23.8 Å². The number of carbonyl (C=O) groups is 1. The first kappa shape index (κ1) is 13.7. The lowest BCUT2D eigenvalue weighted by Gasteiger charge is -2.12. The smallest absolute Gasteiger partial charge is 0.258 e. The molecular weight excluding hydrogens is 268 g/mol. The van der Waals surface area contributed by atoms with Crippen LogP contribution in [0.3, 0.4) is 0 Å². The lowest BCUT2D eigenvalue weighted by atomic mass is 10.2. The molecule has 0 aliphatic carbocycles. The lowest BCUT2D eigenvalue weighted by molar-refractivity contribution is -0.123. The van der Waals surface area contributed by atoms with Gasteiger partial charge in [0.2, 0.25) is 0 Å². The Morgan fingerprint density at radius 1 is 1.42 bits per heavy atom. The van der Waals surface area contributed by atoms with Gasteiger partial charge in [-0.05, 0) is 18.6 Å². The molecule has 1 amide bonds. The molecule has 6 nitrogen and oxygen atoms in total. The van der Waals surface area contributed by atoms with Crippen LogP contribution in [0.2, 0.25) is 0 Å². The molecule has 0 saturated carbocycles. The van der Waals surface area contributed by atoms with Crippen molar-refractivity contribution >= 4 is 21.4 Å². The van der Waals surface area contributed by atoms with Gasteiger partial charge in [-0.15, -0.1) is 0 Å². The predicted octanol–water partition coefficient (Wildman–Crippen LogP) is -0.0491. The van der Waals surface area contributed by atoms with Gasteiger partial charge in [0.25, 0.3) is 5.91 Å². The maximum absolute atomic E-state index is 11.6. The van der Waals surface area contributed by atoms with Crippen LogP contribution in [0.5, 0.6) is 5.75 Å². The topological polar surface area (TPSA) is 98.5 Å². The number of carbonyl (C=O) groups excluding carboxylic acids is 1. The van der Waals surface area contributed by atoms with Gasteiger partial charge in [0.1, 0.15) is 5.75 Å². The molecule has 19 heavy (non-hydrogen) atoms. The number of nitrogen functional groups attached to an aromatic ring is 1. The second-order valence-corrected chi connectivity index (χ2v) is 6.72. The fraction of sp³-hybridized carbons (Fsp3) is 0.417. The standard InChI is InChI=1S/C12H16N2O4S/c13-10-3-1-2-4-11(10)18-7-12(15)14-9-5-6-19(16,17)8-9/h1-4,9H,5-8,13H2,(H,14,15). The average molecular weight is 284 g/mol. The number of hydrogen-bond donors (Lipinski definition) is 2. The van der Waals surface area contributed by atoms with Crippen LogP contribution in [0, 0.1) is 0 Å². The number of ether oxygens (including phenoxy) is 1. The Morgan fingerprint density at radius 3 is 2.79 bits per heavy atom. The van der Waals surface area contributed by atoms with E-state index < -0.39 is 9.84 Å². The molecule has 1 aromatic carbocycles. The fourth-order valence-electron chi connectivity index (χ4n) is 1.93. The highest BCUT2D eigenvalue weighted by molar-refractivity contribution is 7.91. The number of benzene rings is 1. The maximum Gasteiger partial charge on any atom is 0.258 e. The summed E-state index contributed by atoms with van der Waals surface area (Å²) in [7, 11) is -2.99. The summed E-state index contributed by atoms with van der Waals surface area (Å²) >= 11 is 0. The van der Waals surface area contributed by atoms with Crippen molar-refractivity contribution in [2.45, 2.75) is 12.5 Å². The van der Waals surface area contributed by atoms with E-state index >= 15 is 0 Å². The molecule has 2 rings (SSSR count). The fourth-order valence-corrected chi connectivity index (χ4v) is 3.61. The number of nitrogens with two attached hydrogens (primary N) is 1. The van der Waals surface area contributed by atoms with Crippen LogP contribution in [0.4, 0.5) is 5.69 Å². The molecule has 1 aliphatic rings. The van der Waals surface area contributed by atoms with Crippen LogP contribution >= 0.6 is 0 Å². The minimum absolute atomic E-state index is 0.00617. The molecule has 1 aliphatic heterocycles. The summed E-state index contributed by atoms with van der Waals surface area (Å²) in [5, 5.41) is 2.64. The van der Waals surface area contributed by atoms with Crippen LogP contribution in [0.1, 0.15) is 6.42 Å². The second kappa shape index (κ2) is 5.48. The predicted molar refractivity (Wildman–Crippen MR) is 71.6 cm³/mol. The van der Waals surface area contributed by atoms with Crippen LogP contribution < -0.4 is 15.8 Å². The van der Waals surface area contributed by atoms with Crippen LogP contribution in [-0.2, 0) is 14.6 Å². The van der Waals surface area contributed by atoms with Crippen molar-refractivity contribution in [1.29, 1.82) is 0 Å². The number of amides is 1. The highest BCUT2D eigenvalue weighted by Crippen LogP contribution is 2.19. The second-order valence-electron chi connectivity index (χ2n) is 4.49. The average Bonchev–Trinajstić information content (AvgIpc) is 2.67. The van der Waals surface area contributed by atoms with Gasteiger partial charge in [0.05, 0.1) is 17.2 Å². The molecule has 0 bridgehead atoms. The molecule has 0 spiro atoms. The van der Waals surface area contributed by atoms with Gasteiger partial charge in [-0.25, -0.2) is 8.42 Å². The van der Waals surface area contributed by atoms with Crippen molar-refractivity contribution in [3.8, 4) is 5.75 Å². The van der Waals surface area contributed by atoms with E-state index in [0.717, 1.165) is 0 Å². The van der Waals surface area contributed by atoms with Crippen molar-refractivity contribution in [2.24, 2.45) is 0 Å². The summed E-state index contributed by atoms with van der Waals surface area (Å²) in [4.78, 5) is 11.6. The number of para-hydroxylation sites is 2. The van der Waals surface area contributed by atoms with Gasteiger partial charge in [-0.2, -0.15) is 0 Å². The third kappa shape index (κ3) is 3.85. The Morgan fingerprint density at radius 2 is 2.16 bits per heavy atom. The summed E-state index contributed by atoms with van der Waals surface area (Å²) in [6.45, 7) is -0.176. The third-order valence-electron chi connectivity index (χ3n) is 2.88. The molecule has 1 atom stereocenters. The van der Waals surface area contributed by atoms with Crippen molar-refractivity contribution in [3.05, 3.63) is 24.3 Å². The molecule has 0 radical (unpaired) electrons. The summed E-state index contributed by atoms with van der Waals surface area (Å²) in [6, 6.07) is 6.56. The molecule has 3 N–H and O–H groups in total. The van der Waals surface area contributed by atoms with E-state index in [9.17, 15) is 13.2 Å². The van der Waals surface area contributed by atoms with Gasteiger partial charge in [0, 0.05) is 6.04 Å². The third-order valence-corrected chi connectivity index (χ3v) is 4.64. The summed E-state index contributed by atoms with van der Waals surface area (Å²) in [5.41, 5.74) is 6.13. The van der Waals surface area contributed by atoms with Crippen molar-refractivity contribution in [1.82, 2.24) is 5.32 Å². The van der Waals surface area contributed by atoms with E-state index in [0.29, 0.717) is 17.9 Å². The van der Waals surface area contributed by atoms with Crippen molar-refractivity contribution < 1.29 is 17.9 Å². The molecule has 1 fully saturated rings. The summed E-state index contributed by atoms with van der Waals surface area (Å²) in [5.74, 6) is 0.235. The Hall–Kier alpha value is -1.76. The number of sulfone groups is 1. The van der Waals surface area contributed by atoms with Crippen LogP contribution in [0.25, 0.3) is 0 Å². The number of nitrogens with one attached hydrogen (secondary N) is 1. The molecule has 104 valence electrons. The first-order chi connectivity index (χ1) is 8.96. The molecule has 1 saturated heterocycles. The van der Waals surface area contributed by atoms with E-state index in [1.807, 2.05) is 0 Å². The lowest BCUT2D eigenvalue weighted by Crippen LogP contribution is -2.38. The highest BCUT2D eigenvalue weighted by Gasteiger charge is 2.28. The zero-order chi connectivity index (χ0) is 13.9. The quantitative estimate of drug-likeness (QED) is 0.755. The van der Waals surface area contributed by atoms with Crippen LogP contribution in [0.15, 0.2) is 24.3 Å². The largest absolute Gasteiger partial charge is 0.482 e. The Bertz CT molecular complexity index is 571. The maximum atomic E-state index is 11.6. The number of hydrogen-bond acceptors (Lipinski definition) is 5. The molecule has 1 aromatic rings. The zero-order valence-corrected chi connectivity index (χ0v) is 11.2. The van der Waals surface area contributed by atoms with E-state index in [1.54, 1.807) is 24.3 Å². The Balaban J connectivity index is 1.81. The van der Waals surface area contributed by atoms with Gasteiger partial charge in [-0.3, -0.25) is 4.79 Å². The SMILES string of the molecule is Nc1ccccc1OCC(=O)NC1CCS(=O)(=O)C1. The molecule has 1 heterocycles. The van der Waals surface area contributed by atoms with Gasteiger partial charge in [-0.1, -0.05) is 12.1 Å². The van der Waals surface area contributed by atoms with E-state index in [1.165, 1.54) is 0 Å². The minimum Gasteiger partial charge on any atom is -0.482 e. The van der Waals surface area contributed by atoms with Crippen molar-refractivity contribution in [3.63, 3.8) is 0 Å². The first-order valence-electron chi connectivity index (χ1n) is 5.93. The first-order valence-corrected chi connectivity index (χ1v) is 7.75. The van der Waals surface area contributed by atoms with E-state index in [-0.39, 0.29) is 30.1 Å². The molecule has 0 aromatic heterocycles. The molecule has 7 heteroatoms. The van der Waals surface area contributed by atoms with Gasteiger partial charge in [0.15, 0.2) is 16.4 Å². The molecular formula is C12H16N2O4S. The molecule has 1 unspecified atom stereocenters. The van der Waals surface area contributed by atoms with Gasteiger partial charge >= 0.3 is 0 Å². The number of rotatable bonds is 4.